The summed E-state index contributed by atoms with van der Waals surface area (Å²) in [6, 6.07) is 4.04. The number of amides is 1. The highest BCUT2D eigenvalue weighted by Crippen LogP contribution is 2.13. The third kappa shape index (κ3) is 5.91. The molecule has 2 heterocycles. The van der Waals surface area contributed by atoms with Crippen LogP contribution in [0.3, 0.4) is 0 Å². The lowest BCUT2D eigenvalue weighted by atomic mass is 10.1. The maximum atomic E-state index is 11.8. The van der Waals surface area contributed by atoms with E-state index in [-0.39, 0.29) is 5.91 Å². The van der Waals surface area contributed by atoms with E-state index in [1.54, 1.807) is 23.7 Å². The van der Waals surface area contributed by atoms with Gasteiger partial charge in [-0.15, -0.1) is 11.3 Å². The molecular weight excluding hydrogens is 296 g/mol. The summed E-state index contributed by atoms with van der Waals surface area (Å²) in [7, 11) is 3.98. The molecule has 0 aliphatic carbocycles. The summed E-state index contributed by atoms with van der Waals surface area (Å²) < 4.78 is 0. The predicted octanol–water partition coefficient (Wildman–Crippen LogP) is 1.54. The van der Waals surface area contributed by atoms with Crippen LogP contribution in [-0.4, -0.2) is 48.0 Å². The first kappa shape index (κ1) is 16.6. The molecule has 1 amide bonds. The van der Waals surface area contributed by atoms with E-state index in [0.29, 0.717) is 13.0 Å². The molecule has 5 nitrogen and oxygen atoms in total. The molecule has 0 radical (unpaired) electrons. The van der Waals surface area contributed by atoms with Gasteiger partial charge >= 0.3 is 0 Å². The zero-order valence-corrected chi connectivity index (χ0v) is 13.9. The van der Waals surface area contributed by atoms with Gasteiger partial charge in [-0.25, -0.2) is 4.98 Å². The molecule has 0 atom stereocenters. The smallest absolute Gasteiger partial charge is 0.226 e. The molecule has 6 heteroatoms. The van der Waals surface area contributed by atoms with Crippen molar-refractivity contribution in [1.82, 2.24) is 20.2 Å². The van der Waals surface area contributed by atoms with Gasteiger partial charge in [0.2, 0.25) is 5.91 Å². The van der Waals surface area contributed by atoms with Crippen molar-refractivity contribution in [1.29, 1.82) is 0 Å². The highest BCUT2D eigenvalue weighted by atomic mass is 32.1. The first-order chi connectivity index (χ1) is 10.6. The Morgan fingerprint density at radius 2 is 2.05 bits per heavy atom. The van der Waals surface area contributed by atoms with Gasteiger partial charge in [0.25, 0.3) is 0 Å². The normalized spacial score (nSPS) is 10.9. The summed E-state index contributed by atoms with van der Waals surface area (Å²) in [4.78, 5) is 22.4. The average molecular weight is 318 g/mol. The number of rotatable bonds is 8. The Morgan fingerprint density at radius 1 is 1.27 bits per heavy atom. The van der Waals surface area contributed by atoms with Crippen LogP contribution in [0.2, 0.25) is 0 Å². The molecule has 22 heavy (non-hydrogen) atoms. The van der Waals surface area contributed by atoms with Crippen molar-refractivity contribution in [3.05, 3.63) is 46.2 Å². The minimum atomic E-state index is 0.0350. The SMILES string of the molecule is CN(C)CCNC(=O)Cc1csc(CCc2ccncc2)n1. The second-order valence-electron chi connectivity index (χ2n) is 5.42. The number of aromatic nitrogens is 2. The highest BCUT2D eigenvalue weighted by Gasteiger charge is 2.07. The van der Waals surface area contributed by atoms with Crippen LogP contribution < -0.4 is 5.32 Å². The van der Waals surface area contributed by atoms with Crippen molar-refractivity contribution in [2.75, 3.05) is 27.2 Å². The van der Waals surface area contributed by atoms with Crippen molar-refractivity contribution in [3.8, 4) is 0 Å². The van der Waals surface area contributed by atoms with Gasteiger partial charge in [0.05, 0.1) is 17.1 Å². The summed E-state index contributed by atoms with van der Waals surface area (Å²) in [6.07, 6.45) is 5.82. The molecule has 2 aromatic heterocycles. The van der Waals surface area contributed by atoms with Crippen molar-refractivity contribution in [2.45, 2.75) is 19.3 Å². The zero-order chi connectivity index (χ0) is 15.8. The van der Waals surface area contributed by atoms with E-state index in [1.165, 1.54) is 5.56 Å². The van der Waals surface area contributed by atoms with E-state index >= 15 is 0 Å². The molecule has 2 rings (SSSR count). The van der Waals surface area contributed by atoms with Gasteiger partial charge in [-0.3, -0.25) is 9.78 Å². The van der Waals surface area contributed by atoms with Crippen molar-refractivity contribution in [2.24, 2.45) is 0 Å². The number of carbonyl (C=O) groups excluding carboxylic acids is 1. The Labute approximate surface area is 135 Å². The van der Waals surface area contributed by atoms with Gasteiger partial charge in [0, 0.05) is 37.3 Å². The minimum absolute atomic E-state index is 0.0350. The van der Waals surface area contributed by atoms with Gasteiger partial charge in [-0.2, -0.15) is 0 Å². The Kier molecular flexibility index (Phi) is 6.48. The van der Waals surface area contributed by atoms with Crippen LogP contribution in [0.4, 0.5) is 0 Å². The first-order valence-electron chi connectivity index (χ1n) is 7.37. The van der Waals surface area contributed by atoms with Gasteiger partial charge in [-0.05, 0) is 38.2 Å². The van der Waals surface area contributed by atoms with Crippen LogP contribution in [-0.2, 0) is 24.1 Å². The molecule has 0 saturated carbocycles. The van der Waals surface area contributed by atoms with Crippen molar-refractivity contribution >= 4 is 17.2 Å². The fourth-order valence-electron chi connectivity index (χ4n) is 1.99. The van der Waals surface area contributed by atoms with Gasteiger partial charge in [-0.1, -0.05) is 0 Å². The molecule has 0 spiro atoms. The number of hydrogen-bond acceptors (Lipinski definition) is 5. The molecule has 0 saturated heterocycles. The lowest BCUT2D eigenvalue weighted by molar-refractivity contribution is -0.120. The van der Waals surface area contributed by atoms with Crippen LogP contribution in [0.15, 0.2) is 29.9 Å². The molecule has 0 aliphatic rings. The van der Waals surface area contributed by atoms with E-state index in [0.717, 1.165) is 30.1 Å². The fourth-order valence-corrected chi connectivity index (χ4v) is 2.79. The van der Waals surface area contributed by atoms with Crippen LogP contribution in [0.1, 0.15) is 16.3 Å². The lowest BCUT2D eigenvalue weighted by Gasteiger charge is -2.09. The highest BCUT2D eigenvalue weighted by molar-refractivity contribution is 7.09. The van der Waals surface area contributed by atoms with Gasteiger partial charge in [0.1, 0.15) is 0 Å². The van der Waals surface area contributed by atoms with E-state index in [2.05, 4.69) is 15.3 Å². The molecular formula is C16H22N4OS. The van der Waals surface area contributed by atoms with Crippen LogP contribution in [0.25, 0.3) is 0 Å². The number of carbonyl (C=O) groups is 1. The molecule has 0 bridgehead atoms. The summed E-state index contributed by atoms with van der Waals surface area (Å²) >= 11 is 1.62. The lowest BCUT2D eigenvalue weighted by Crippen LogP contribution is -2.32. The second-order valence-corrected chi connectivity index (χ2v) is 6.36. The van der Waals surface area contributed by atoms with Crippen molar-refractivity contribution < 1.29 is 4.79 Å². The van der Waals surface area contributed by atoms with Crippen LogP contribution in [0.5, 0.6) is 0 Å². The quantitative estimate of drug-likeness (QED) is 0.802. The Bertz CT molecular complexity index is 583. The molecule has 2 aromatic rings. The van der Waals surface area contributed by atoms with Gasteiger partial charge < -0.3 is 10.2 Å². The van der Waals surface area contributed by atoms with E-state index < -0.39 is 0 Å². The van der Waals surface area contributed by atoms with Crippen LogP contribution >= 0.6 is 11.3 Å². The number of hydrogen-bond donors (Lipinski definition) is 1. The number of nitrogens with one attached hydrogen (secondary N) is 1. The topological polar surface area (TPSA) is 58.1 Å². The number of thiazole rings is 1. The van der Waals surface area contributed by atoms with E-state index in [1.807, 2.05) is 36.5 Å². The largest absolute Gasteiger partial charge is 0.354 e. The van der Waals surface area contributed by atoms with E-state index in [9.17, 15) is 4.79 Å². The monoisotopic (exact) mass is 318 g/mol. The number of likely N-dealkylation sites (N-methyl/N-ethyl adjacent to an activating group) is 1. The third-order valence-electron chi connectivity index (χ3n) is 3.20. The fraction of sp³-hybridized carbons (Fsp3) is 0.438. The summed E-state index contributed by atoms with van der Waals surface area (Å²) in [5.41, 5.74) is 2.12. The van der Waals surface area contributed by atoms with E-state index in [4.69, 9.17) is 0 Å². The molecule has 0 unspecified atom stereocenters. The summed E-state index contributed by atoms with van der Waals surface area (Å²) in [6.45, 7) is 1.52. The number of nitrogens with zero attached hydrogens (tertiary/aromatic N) is 3. The molecule has 0 fully saturated rings. The van der Waals surface area contributed by atoms with Crippen LogP contribution in [0, 0.1) is 0 Å². The average Bonchev–Trinajstić information content (AvgIpc) is 2.93. The molecule has 1 N–H and O–H groups in total. The summed E-state index contributed by atoms with van der Waals surface area (Å²) in [5, 5.41) is 5.96. The number of aryl methyl sites for hydroxylation is 2. The second kappa shape index (κ2) is 8.60. The maximum Gasteiger partial charge on any atom is 0.226 e. The zero-order valence-electron chi connectivity index (χ0n) is 13.1. The number of pyridine rings is 1. The minimum Gasteiger partial charge on any atom is -0.354 e. The molecule has 0 aromatic carbocycles. The first-order valence-corrected chi connectivity index (χ1v) is 8.25. The maximum absolute atomic E-state index is 11.8. The van der Waals surface area contributed by atoms with Crippen molar-refractivity contribution in [3.63, 3.8) is 0 Å². The Hall–Kier alpha value is -1.79. The standard InChI is InChI=1S/C16H22N4OS/c1-20(2)10-9-18-15(21)11-14-12-22-16(19-14)4-3-13-5-7-17-8-6-13/h5-8,12H,3-4,9-11H2,1-2H3,(H,18,21). The molecule has 0 aliphatic heterocycles. The Balaban J connectivity index is 1.75. The van der Waals surface area contributed by atoms with Gasteiger partial charge in [0.15, 0.2) is 0 Å². The molecule has 118 valence electrons. The Morgan fingerprint density at radius 3 is 2.77 bits per heavy atom. The summed E-state index contributed by atoms with van der Waals surface area (Å²) in [5.74, 6) is 0.0350. The third-order valence-corrected chi connectivity index (χ3v) is 4.16. The predicted molar refractivity (Wildman–Crippen MR) is 89.0 cm³/mol.